The van der Waals surface area contributed by atoms with E-state index in [4.69, 9.17) is 15.2 Å². The maximum atomic E-state index is 5.95. The molecule has 0 aliphatic carbocycles. The van der Waals surface area contributed by atoms with E-state index < -0.39 is 0 Å². The molecule has 0 saturated heterocycles. The van der Waals surface area contributed by atoms with Crippen LogP contribution in [0.2, 0.25) is 0 Å². The Kier molecular flexibility index (Phi) is 4.66. The molecule has 2 N–H and O–H groups in total. The molecule has 1 aromatic rings. The average Bonchev–Trinajstić information content (AvgIpc) is 2.47. The molecule has 15 heavy (non-hydrogen) atoms. The van der Waals surface area contributed by atoms with Crippen molar-refractivity contribution in [1.82, 2.24) is 4.98 Å². The Balaban J connectivity index is 2.61. The Hall–Kier alpha value is -0.490. The second kappa shape index (κ2) is 5.55. The van der Waals surface area contributed by atoms with Gasteiger partial charge in [-0.3, -0.25) is 0 Å². The summed E-state index contributed by atoms with van der Waals surface area (Å²) < 4.78 is 10.2. The molecule has 0 aliphatic rings. The molecule has 0 spiro atoms. The molecule has 0 fully saturated rings. The van der Waals surface area contributed by atoms with Gasteiger partial charge in [-0.1, -0.05) is 0 Å². The number of nitrogens with zero attached hydrogens (tertiary/aromatic N) is 1. The SMILES string of the molecule is COC(OC)C(N)Cc1nc(C)c(C)s1. The van der Waals surface area contributed by atoms with Crippen molar-refractivity contribution < 1.29 is 9.47 Å². The highest BCUT2D eigenvalue weighted by Crippen LogP contribution is 2.18. The van der Waals surface area contributed by atoms with Crippen LogP contribution in [0.3, 0.4) is 0 Å². The summed E-state index contributed by atoms with van der Waals surface area (Å²) in [5.74, 6) is 0. The molecular weight excluding hydrogens is 212 g/mol. The number of thiazole rings is 1. The predicted molar refractivity (Wildman–Crippen MR) is 61.1 cm³/mol. The Morgan fingerprint density at radius 3 is 2.33 bits per heavy atom. The average molecular weight is 230 g/mol. The molecule has 0 radical (unpaired) electrons. The van der Waals surface area contributed by atoms with Crippen LogP contribution in [-0.4, -0.2) is 31.5 Å². The first-order chi connectivity index (χ1) is 7.08. The Morgan fingerprint density at radius 2 is 1.93 bits per heavy atom. The minimum atomic E-state index is -0.366. The molecule has 1 unspecified atom stereocenters. The van der Waals surface area contributed by atoms with Gasteiger partial charge in [-0.2, -0.15) is 0 Å². The molecule has 0 aliphatic heterocycles. The van der Waals surface area contributed by atoms with Gasteiger partial charge in [0, 0.05) is 25.5 Å². The third-order valence-corrected chi connectivity index (χ3v) is 3.39. The molecule has 1 rings (SSSR count). The van der Waals surface area contributed by atoms with Gasteiger partial charge < -0.3 is 15.2 Å². The summed E-state index contributed by atoms with van der Waals surface area (Å²) in [6.45, 7) is 4.07. The van der Waals surface area contributed by atoms with E-state index in [0.717, 1.165) is 10.7 Å². The maximum absolute atomic E-state index is 5.95. The second-order valence-electron chi connectivity index (χ2n) is 3.46. The predicted octanol–water partition coefficient (Wildman–Crippen LogP) is 1.25. The molecule has 1 aromatic heterocycles. The summed E-state index contributed by atoms with van der Waals surface area (Å²) in [7, 11) is 3.18. The first-order valence-corrected chi connectivity index (χ1v) is 5.64. The highest BCUT2D eigenvalue weighted by Gasteiger charge is 2.18. The van der Waals surface area contributed by atoms with Crippen molar-refractivity contribution in [3.05, 3.63) is 15.6 Å². The van der Waals surface area contributed by atoms with Crippen molar-refractivity contribution in [3.63, 3.8) is 0 Å². The largest absolute Gasteiger partial charge is 0.354 e. The standard InChI is InChI=1S/C10H18N2O2S/c1-6-7(2)15-9(12-6)5-8(11)10(13-3)14-4/h8,10H,5,11H2,1-4H3. The fraction of sp³-hybridized carbons (Fsp3) is 0.700. The lowest BCUT2D eigenvalue weighted by atomic mass is 10.2. The normalized spacial score (nSPS) is 13.5. The van der Waals surface area contributed by atoms with E-state index in [9.17, 15) is 0 Å². The van der Waals surface area contributed by atoms with Crippen LogP contribution >= 0.6 is 11.3 Å². The maximum Gasteiger partial charge on any atom is 0.172 e. The van der Waals surface area contributed by atoms with Crippen molar-refractivity contribution in [2.24, 2.45) is 5.73 Å². The van der Waals surface area contributed by atoms with E-state index in [0.29, 0.717) is 6.42 Å². The number of aryl methyl sites for hydroxylation is 2. The Bertz CT molecular complexity index is 291. The molecule has 1 atom stereocenters. The summed E-state index contributed by atoms with van der Waals surface area (Å²) in [5.41, 5.74) is 7.02. The summed E-state index contributed by atoms with van der Waals surface area (Å²) in [5, 5.41) is 1.04. The van der Waals surface area contributed by atoms with Gasteiger partial charge in [-0.25, -0.2) is 4.98 Å². The molecule has 0 saturated carbocycles. The van der Waals surface area contributed by atoms with E-state index in [1.165, 1.54) is 4.88 Å². The van der Waals surface area contributed by atoms with E-state index >= 15 is 0 Å². The summed E-state index contributed by atoms with van der Waals surface area (Å²) in [4.78, 5) is 5.67. The first-order valence-electron chi connectivity index (χ1n) is 4.82. The minimum Gasteiger partial charge on any atom is -0.354 e. The number of ether oxygens (including phenoxy) is 2. The highest BCUT2D eigenvalue weighted by atomic mass is 32.1. The zero-order valence-corrected chi connectivity index (χ0v) is 10.4. The second-order valence-corrected chi connectivity index (χ2v) is 4.74. The van der Waals surface area contributed by atoms with Crippen molar-refractivity contribution in [2.75, 3.05) is 14.2 Å². The number of methoxy groups -OCH3 is 2. The molecule has 0 aromatic carbocycles. The third kappa shape index (κ3) is 3.24. The molecule has 0 amide bonds. The van der Waals surface area contributed by atoms with Gasteiger partial charge in [0.25, 0.3) is 0 Å². The van der Waals surface area contributed by atoms with Crippen LogP contribution in [0.15, 0.2) is 0 Å². The lowest BCUT2D eigenvalue weighted by Gasteiger charge is -2.19. The lowest BCUT2D eigenvalue weighted by molar-refractivity contribution is -0.115. The molecule has 86 valence electrons. The fourth-order valence-electron chi connectivity index (χ4n) is 1.37. The zero-order chi connectivity index (χ0) is 11.4. The van der Waals surface area contributed by atoms with Gasteiger partial charge in [-0.05, 0) is 13.8 Å². The zero-order valence-electron chi connectivity index (χ0n) is 9.61. The van der Waals surface area contributed by atoms with Crippen molar-refractivity contribution in [1.29, 1.82) is 0 Å². The van der Waals surface area contributed by atoms with Crippen LogP contribution in [0.5, 0.6) is 0 Å². The van der Waals surface area contributed by atoms with E-state index in [1.807, 2.05) is 6.92 Å². The number of hydrogen-bond donors (Lipinski definition) is 1. The van der Waals surface area contributed by atoms with Crippen LogP contribution in [0, 0.1) is 13.8 Å². The molecule has 0 bridgehead atoms. The van der Waals surface area contributed by atoms with Crippen LogP contribution in [0.4, 0.5) is 0 Å². The Morgan fingerprint density at radius 1 is 1.33 bits per heavy atom. The molecular formula is C10H18N2O2S. The fourth-order valence-corrected chi connectivity index (χ4v) is 2.38. The molecule has 4 nitrogen and oxygen atoms in total. The topological polar surface area (TPSA) is 57.4 Å². The number of hydrogen-bond acceptors (Lipinski definition) is 5. The van der Waals surface area contributed by atoms with Gasteiger partial charge in [0.15, 0.2) is 6.29 Å². The quantitative estimate of drug-likeness (QED) is 0.773. The van der Waals surface area contributed by atoms with Gasteiger partial charge in [0.2, 0.25) is 0 Å². The Labute approximate surface area is 94.4 Å². The summed E-state index contributed by atoms with van der Waals surface area (Å²) in [6.07, 6.45) is 0.320. The summed E-state index contributed by atoms with van der Waals surface area (Å²) in [6, 6.07) is -0.176. The van der Waals surface area contributed by atoms with Gasteiger partial charge in [-0.15, -0.1) is 11.3 Å². The van der Waals surface area contributed by atoms with Crippen LogP contribution in [-0.2, 0) is 15.9 Å². The number of aromatic nitrogens is 1. The van der Waals surface area contributed by atoms with Crippen LogP contribution in [0.25, 0.3) is 0 Å². The van der Waals surface area contributed by atoms with Gasteiger partial charge in [0.05, 0.1) is 16.7 Å². The van der Waals surface area contributed by atoms with Crippen LogP contribution in [0.1, 0.15) is 15.6 Å². The summed E-state index contributed by atoms with van der Waals surface area (Å²) >= 11 is 1.68. The number of rotatable bonds is 5. The minimum absolute atomic E-state index is 0.176. The smallest absolute Gasteiger partial charge is 0.172 e. The first kappa shape index (κ1) is 12.6. The highest BCUT2D eigenvalue weighted by molar-refractivity contribution is 7.11. The molecule has 5 heteroatoms. The van der Waals surface area contributed by atoms with Crippen molar-refractivity contribution in [2.45, 2.75) is 32.6 Å². The van der Waals surface area contributed by atoms with Crippen molar-refractivity contribution >= 4 is 11.3 Å². The van der Waals surface area contributed by atoms with Crippen molar-refractivity contribution in [3.8, 4) is 0 Å². The van der Waals surface area contributed by atoms with E-state index in [-0.39, 0.29) is 12.3 Å². The van der Waals surface area contributed by atoms with Gasteiger partial charge in [0.1, 0.15) is 0 Å². The molecule has 1 heterocycles. The van der Waals surface area contributed by atoms with E-state index in [1.54, 1.807) is 25.6 Å². The van der Waals surface area contributed by atoms with Gasteiger partial charge >= 0.3 is 0 Å². The third-order valence-electron chi connectivity index (χ3n) is 2.30. The van der Waals surface area contributed by atoms with Crippen LogP contribution < -0.4 is 5.73 Å². The lowest BCUT2D eigenvalue weighted by Crippen LogP contribution is -2.39. The number of nitrogens with two attached hydrogens (primary N) is 1. The monoisotopic (exact) mass is 230 g/mol. The van der Waals surface area contributed by atoms with E-state index in [2.05, 4.69) is 11.9 Å².